The molecule has 17 heavy (non-hydrogen) atoms. The zero-order valence-electron chi connectivity index (χ0n) is 9.81. The Labute approximate surface area is 107 Å². The summed E-state index contributed by atoms with van der Waals surface area (Å²) in [6.07, 6.45) is 0.232. The summed E-state index contributed by atoms with van der Waals surface area (Å²) in [7, 11) is 0. The number of morpholine rings is 1. The van der Waals surface area contributed by atoms with E-state index in [4.69, 9.17) is 16.3 Å². The first kappa shape index (κ1) is 12.8. The Morgan fingerprint density at radius 1 is 1.29 bits per heavy atom. The van der Waals surface area contributed by atoms with Crippen molar-refractivity contribution in [2.75, 3.05) is 32.8 Å². The average molecular weight is 256 g/mol. The van der Waals surface area contributed by atoms with Crippen LogP contribution < -0.4 is 0 Å². The van der Waals surface area contributed by atoms with Crippen molar-refractivity contribution in [1.82, 2.24) is 4.90 Å². The third-order valence-electron chi connectivity index (χ3n) is 3.09. The Kier molecular flexibility index (Phi) is 4.80. The van der Waals surface area contributed by atoms with Crippen LogP contribution >= 0.6 is 11.6 Å². The van der Waals surface area contributed by atoms with E-state index in [9.17, 15) is 5.11 Å². The SMILES string of the molecule is OC(CCN1CCOCC1)c1ccccc1Cl. The van der Waals surface area contributed by atoms with Gasteiger partial charge < -0.3 is 9.84 Å². The van der Waals surface area contributed by atoms with Gasteiger partial charge in [-0.25, -0.2) is 0 Å². The highest BCUT2D eigenvalue weighted by Crippen LogP contribution is 2.24. The fourth-order valence-electron chi connectivity index (χ4n) is 2.03. The van der Waals surface area contributed by atoms with Crippen LogP contribution in [0.15, 0.2) is 24.3 Å². The van der Waals surface area contributed by atoms with Gasteiger partial charge in [0.2, 0.25) is 0 Å². The summed E-state index contributed by atoms with van der Waals surface area (Å²) in [6, 6.07) is 7.47. The molecule has 1 aliphatic rings. The highest BCUT2D eigenvalue weighted by molar-refractivity contribution is 6.31. The molecular formula is C13H18ClNO2. The minimum Gasteiger partial charge on any atom is -0.388 e. The van der Waals surface area contributed by atoms with Crippen molar-refractivity contribution in [1.29, 1.82) is 0 Å². The van der Waals surface area contributed by atoms with E-state index in [1.165, 1.54) is 0 Å². The number of nitrogens with zero attached hydrogens (tertiary/aromatic N) is 1. The zero-order chi connectivity index (χ0) is 12.1. The first-order chi connectivity index (χ1) is 8.27. The summed E-state index contributed by atoms with van der Waals surface area (Å²) in [6.45, 7) is 4.38. The van der Waals surface area contributed by atoms with Crippen LogP contribution in [0.4, 0.5) is 0 Å². The van der Waals surface area contributed by atoms with Gasteiger partial charge in [0, 0.05) is 24.7 Å². The van der Waals surface area contributed by atoms with Gasteiger partial charge in [-0.1, -0.05) is 29.8 Å². The van der Waals surface area contributed by atoms with E-state index >= 15 is 0 Å². The largest absolute Gasteiger partial charge is 0.388 e. The van der Waals surface area contributed by atoms with Crippen molar-refractivity contribution in [3.8, 4) is 0 Å². The summed E-state index contributed by atoms with van der Waals surface area (Å²) >= 11 is 6.05. The Morgan fingerprint density at radius 2 is 2.00 bits per heavy atom. The van der Waals surface area contributed by atoms with E-state index in [1.54, 1.807) is 0 Å². The second-order valence-corrected chi connectivity index (χ2v) is 4.69. The number of ether oxygens (including phenoxy) is 1. The van der Waals surface area contributed by atoms with Crippen molar-refractivity contribution in [3.05, 3.63) is 34.9 Å². The third-order valence-corrected chi connectivity index (χ3v) is 3.43. The summed E-state index contributed by atoms with van der Waals surface area (Å²) in [5.74, 6) is 0. The van der Waals surface area contributed by atoms with Gasteiger partial charge in [0.05, 0.1) is 19.3 Å². The van der Waals surface area contributed by atoms with Gasteiger partial charge in [-0.05, 0) is 18.1 Å². The van der Waals surface area contributed by atoms with Gasteiger partial charge in [0.15, 0.2) is 0 Å². The molecule has 1 aromatic carbocycles. The molecule has 0 spiro atoms. The lowest BCUT2D eigenvalue weighted by atomic mass is 10.1. The number of hydrogen-bond acceptors (Lipinski definition) is 3. The minimum absolute atomic E-state index is 0.480. The number of halogens is 1. The van der Waals surface area contributed by atoms with Crippen LogP contribution in [0, 0.1) is 0 Å². The molecule has 1 atom stereocenters. The normalized spacial score (nSPS) is 19.2. The Hall–Kier alpha value is -0.610. The molecule has 1 aromatic rings. The van der Waals surface area contributed by atoms with Crippen LogP contribution in [0.5, 0.6) is 0 Å². The molecule has 1 fully saturated rings. The maximum atomic E-state index is 10.1. The molecule has 4 heteroatoms. The van der Waals surface area contributed by atoms with Gasteiger partial charge >= 0.3 is 0 Å². The van der Waals surface area contributed by atoms with E-state index in [2.05, 4.69) is 4.90 Å². The van der Waals surface area contributed by atoms with Crippen molar-refractivity contribution in [2.24, 2.45) is 0 Å². The fourth-order valence-corrected chi connectivity index (χ4v) is 2.29. The van der Waals surface area contributed by atoms with E-state index in [0.29, 0.717) is 11.4 Å². The van der Waals surface area contributed by atoms with Gasteiger partial charge in [0.1, 0.15) is 0 Å². The molecule has 0 amide bonds. The molecule has 3 nitrogen and oxygen atoms in total. The summed E-state index contributed by atoms with van der Waals surface area (Å²) in [5.41, 5.74) is 0.822. The molecule has 1 N–H and O–H groups in total. The molecule has 0 saturated carbocycles. The van der Waals surface area contributed by atoms with Crippen LogP contribution in [0.2, 0.25) is 5.02 Å². The highest BCUT2D eigenvalue weighted by Gasteiger charge is 2.15. The van der Waals surface area contributed by atoms with Crippen molar-refractivity contribution in [3.63, 3.8) is 0 Å². The van der Waals surface area contributed by atoms with E-state index < -0.39 is 6.10 Å². The zero-order valence-corrected chi connectivity index (χ0v) is 10.6. The molecule has 1 saturated heterocycles. The lowest BCUT2D eigenvalue weighted by molar-refractivity contribution is 0.0300. The number of aliphatic hydroxyl groups is 1. The molecule has 0 bridgehead atoms. The van der Waals surface area contributed by atoms with E-state index in [0.717, 1.165) is 38.4 Å². The van der Waals surface area contributed by atoms with Crippen LogP contribution in [-0.2, 0) is 4.74 Å². The standard InChI is InChI=1S/C13H18ClNO2/c14-12-4-2-1-3-11(12)13(16)5-6-15-7-9-17-10-8-15/h1-4,13,16H,5-10H2. The second-order valence-electron chi connectivity index (χ2n) is 4.28. The number of benzene rings is 1. The quantitative estimate of drug-likeness (QED) is 0.894. The summed E-state index contributed by atoms with van der Waals surface area (Å²) in [5, 5.41) is 10.7. The van der Waals surface area contributed by atoms with Crippen molar-refractivity contribution < 1.29 is 9.84 Å². The van der Waals surface area contributed by atoms with Crippen molar-refractivity contribution >= 4 is 11.6 Å². The Morgan fingerprint density at radius 3 is 2.71 bits per heavy atom. The monoisotopic (exact) mass is 255 g/mol. The molecular weight excluding hydrogens is 238 g/mol. The molecule has 0 aliphatic carbocycles. The van der Waals surface area contributed by atoms with Gasteiger partial charge in [-0.3, -0.25) is 4.90 Å². The summed E-state index contributed by atoms with van der Waals surface area (Å²) < 4.78 is 5.28. The summed E-state index contributed by atoms with van der Waals surface area (Å²) in [4.78, 5) is 2.31. The maximum absolute atomic E-state index is 10.1. The highest BCUT2D eigenvalue weighted by atomic mass is 35.5. The third kappa shape index (κ3) is 3.68. The smallest absolute Gasteiger partial charge is 0.0816 e. The van der Waals surface area contributed by atoms with Gasteiger partial charge in [-0.2, -0.15) is 0 Å². The predicted molar refractivity (Wildman–Crippen MR) is 68.3 cm³/mol. The lowest BCUT2D eigenvalue weighted by Crippen LogP contribution is -2.37. The van der Waals surface area contributed by atoms with Crippen molar-refractivity contribution in [2.45, 2.75) is 12.5 Å². The Balaban J connectivity index is 1.84. The fraction of sp³-hybridized carbons (Fsp3) is 0.538. The topological polar surface area (TPSA) is 32.7 Å². The van der Waals surface area contributed by atoms with Crippen LogP contribution in [0.25, 0.3) is 0 Å². The predicted octanol–water partition coefficient (Wildman–Crippen LogP) is 2.10. The van der Waals surface area contributed by atoms with E-state index in [1.807, 2.05) is 24.3 Å². The van der Waals surface area contributed by atoms with Gasteiger partial charge in [0.25, 0.3) is 0 Å². The molecule has 94 valence electrons. The lowest BCUT2D eigenvalue weighted by Gasteiger charge is -2.27. The minimum atomic E-state index is -0.480. The molecule has 1 heterocycles. The van der Waals surface area contributed by atoms with E-state index in [-0.39, 0.29) is 0 Å². The molecule has 1 unspecified atom stereocenters. The molecule has 2 rings (SSSR count). The number of rotatable bonds is 4. The van der Waals surface area contributed by atoms with Crippen LogP contribution in [0.1, 0.15) is 18.1 Å². The second kappa shape index (κ2) is 6.36. The van der Waals surface area contributed by atoms with Crippen LogP contribution in [-0.4, -0.2) is 42.9 Å². The molecule has 0 radical (unpaired) electrons. The average Bonchev–Trinajstić information content (AvgIpc) is 2.38. The first-order valence-electron chi connectivity index (χ1n) is 6.00. The maximum Gasteiger partial charge on any atom is 0.0816 e. The Bertz CT molecular complexity index is 353. The molecule has 1 aliphatic heterocycles. The van der Waals surface area contributed by atoms with Gasteiger partial charge in [-0.15, -0.1) is 0 Å². The number of hydrogen-bond donors (Lipinski definition) is 1. The van der Waals surface area contributed by atoms with Crippen LogP contribution in [0.3, 0.4) is 0 Å². The number of aliphatic hydroxyl groups excluding tert-OH is 1. The molecule has 0 aromatic heterocycles. The first-order valence-corrected chi connectivity index (χ1v) is 6.38.